The molecule has 3 aromatic heterocycles. The number of H-pyrrole nitrogens is 1. The number of hydrogen-bond acceptors (Lipinski definition) is 10. The lowest BCUT2D eigenvalue weighted by atomic mass is 10.0. The third-order valence-electron chi connectivity index (χ3n) is 6.97. The van der Waals surface area contributed by atoms with E-state index < -0.39 is 0 Å². The minimum absolute atomic E-state index is 0.427. The number of anilines is 4. The van der Waals surface area contributed by atoms with Crippen molar-refractivity contribution in [1.29, 1.82) is 0 Å². The van der Waals surface area contributed by atoms with Gasteiger partial charge in [-0.1, -0.05) is 68.4 Å². The van der Waals surface area contributed by atoms with Crippen molar-refractivity contribution in [2.45, 2.75) is 20.4 Å². The molecule has 5 aromatic rings. The zero-order chi connectivity index (χ0) is 28.7. The second-order valence-electron chi connectivity index (χ2n) is 10.6. The average Bonchev–Trinajstić information content (AvgIpc) is 3.57. The third kappa shape index (κ3) is 6.52. The molecule has 0 saturated carbocycles. The number of aromatic amines is 1. The van der Waals surface area contributed by atoms with Crippen LogP contribution in [0.15, 0.2) is 79.0 Å². The van der Waals surface area contributed by atoms with Crippen LogP contribution in [-0.2, 0) is 11.3 Å². The normalized spacial score (nSPS) is 13.4. The molecule has 0 unspecified atom stereocenters. The molecule has 2 N–H and O–H groups in total. The Bertz CT molecular complexity index is 1590. The zero-order valence-electron chi connectivity index (χ0n) is 23.8. The summed E-state index contributed by atoms with van der Waals surface area (Å²) in [5, 5.41) is 18.1. The molecule has 0 spiro atoms. The lowest BCUT2D eigenvalue weighted by Crippen LogP contribution is -2.36. The first kappa shape index (κ1) is 27.3. The maximum atomic E-state index is 5.52. The topological polar surface area (TPSA) is 121 Å². The highest BCUT2D eigenvalue weighted by molar-refractivity contribution is 5.81. The Morgan fingerprint density at radius 2 is 1.74 bits per heavy atom. The van der Waals surface area contributed by atoms with Crippen LogP contribution >= 0.6 is 0 Å². The summed E-state index contributed by atoms with van der Waals surface area (Å²) >= 11 is 0. The van der Waals surface area contributed by atoms with E-state index in [-0.39, 0.29) is 0 Å². The summed E-state index contributed by atoms with van der Waals surface area (Å²) in [7, 11) is 0. The Labute approximate surface area is 245 Å². The molecule has 0 aliphatic carbocycles. The van der Waals surface area contributed by atoms with Crippen LogP contribution in [0.1, 0.15) is 19.4 Å². The first-order valence-corrected chi connectivity index (χ1v) is 14.2. The van der Waals surface area contributed by atoms with Crippen molar-refractivity contribution < 1.29 is 4.74 Å². The van der Waals surface area contributed by atoms with E-state index in [1.807, 2.05) is 42.5 Å². The van der Waals surface area contributed by atoms with Crippen LogP contribution in [0.2, 0.25) is 0 Å². The Hall–Kier alpha value is -4.90. The van der Waals surface area contributed by atoms with Gasteiger partial charge in [-0.05, 0) is 34.0 Å². The molecule has 11 nitrogen and oxygen atoms in total. The number of nitrogens with one attached hydrogen (secondary N) is 2. The van der Waals surface area contributed by atoms with E-state index >= 15 is 0 Å². The van der Waals surface area contributed by atoms with Crippen molar-refractivity contribution >= 4 is 23.3 Å². The van der Waals surface area contributed by atoms with Crippen molar-refractivity contribution in [3.63, 3.8) is 0 Å². The Morgan fingerprint density at radius 3 is 2.50 bits per heavy atom. The lowest BCUT2D eigenvalue weighted by Gasteiger charge is -2.28. The van der Waals surface area contributed by atoms with Gasteiger partial charge >= 0.3 is 0 Å². The van der Waals surface area contributed by atoms with E-state index in [0.29, 0.717) is 30.9 Å². The highest BCUT2D eigenvalue weighted by atomic mass is 16.5. The summed E-state index contributed by atoms with van der Waals surface area (Å²) < 4.78 is 5.52. The highest BCUT2D eigenvalue weighted by Gasteiger charge is 2.18. The Balaban J connectivity index is 1.42. The van der Waals surface area contributed by atoms with Gasteiger partial charge in [0.25, 0.3) is 0 Å². The van der Waals surface area contributed by atoms with Gasteiger partial charge in [-0.2, -0.15) is 4.98 Å². The summed E-state index contributed by atoms with van der Waals surface area (Å²) in [5.41, 5.74) is 4.61. The first-order valence-electron chi connectivity index (χ1n) is 14.2. The fraction of sp³-hybridized carbons (Fsp3) is 0.290. The summed E-state index contributed by atoms with van der Waals surface area (Å²) in [6.45, 7) is 8.99. The molecule has 214 valence electrons. The van der Waals surface area contributed by atoms with Crippen LogP contribution < -0.4 is 15.1 Å². The molecule has 1 fully saturated rings. The van der Waals surface area contributed by atoms with Crippen LogP contribution in [0.5, 0.6) is 0 Å². The molecule has 1 aliphatic rings. The minimum atomic E-state index is 0.427. The first-order chi connectivity index (χ1) is 20.6. The van der Waals surface area contributed by atoms with Crippen LogP contribution in [0.4, 0.5) is 23.3 Å². The van der Waals surface area contributed by atoms with Crippen molar-refractivity contribution in [3.8, 4) is 22.6 Å². The number of morpholine rings is 1. The van der Waals surface area contributed by atoms with Crippen molar-refractivity contribution in [3.05, 3.63) is 84.6 Å². The molecule has 1 aliphatic heterocycles. The average molecular weight is 563 g/mol. The number of nitrogens with zero attached hydrogens (tertiary/aromatic N) is 8. The number of hydrogen-bond donors (Lipinski definition) is 2. The van der Waals surface area contributed by atoms with Crippen LogP contribution in [0.25, 0.3) is 22.6 Å². The van der Waals surface area contributed by atoms with Gasteiger partial charge in [0.15, 0.2) is 5.82 Å². The lowest BCUT2D eigenvalue weighted by molar-refractivity contribution is 0.122. The molecule has 0 atom stereocenters. The number of tetrazole rings is 1. The zero-order valence-corrected chi connectivity index (χ0v) is 23.8. The SMILES string of the molecule is CC(C)CN(Cc1ccccc1)c1cc(Nc2nccc(N3CCOCC3)n2)cc(-c2ccccc2-c2nnn[nH]2)n1. The number of ether oxygens (including phenoxy) is 1. The van der Waals surface area contributed by atoms with Gasteiger partial charge in [-0.3, -0.25) is 0 Å². The predicted molar refractivity (Wildman–Crippen MR) is 164 cm³/mol. The number of aromatic nitrogens is 7. The van der Waals surface area contributed by atoms with Crippen LogP contribution in [-0.4, -0.2) is 68.4 Å². The molecule has 0 amide bonds. The van der Waals surface area contributed by atoms with Gasteiger partial charge in [0.2, 0.25) is 5.95 Å². The van der Waals surface area contributed by atoms with Crippen LogP contribution in [0, 0.1) is 5.92 Å². The Kier molecular flexibility index (Phi) is 8.27. The molecule has 0 bridgehead atoms. The molecule has 11 heteroatoms. The Morgan fingerprint density at radius 1 is 0.952 bits per heavy atom. The molecule has 4 heterocycles. The molecule has 2 aromatic carbocycles. The van der Waals surface area contributed by atoms with Crippen LogP contribution in [0.3, 0.4) is 0 Å². The molecule has 0 radical (unpaired) electrons. The molecule has 6 rings (SSSR count). The minimum Gasteiger partial charge on any atom is -0.378 e. The summed E-state index contributed by atoms with van der Waals surface area (Å²) in [4.78, 5) is 19.1. The summed E-state index contributed by atoms with van der Waals surface area (Å²) in [5.74, 6) is 3.25. The van der Waals surface area contributed by atoms with E-state index in [9.17, 15) is 0 Å². The van der Waals surface area contributed by atoms with E-state index in [1.54, 1.807) is 6.20 Å². The highest BCUT2D eigenvalue weighted by Crippen LogP contribution is 2.33. The monoisotopic (exact) mass is 562 g/mol. The largest absolute Gasteiger partial charge is 0.378 e. The summed E-state index contributed by atoms with van der Waals surface area (Å²) in [6.07, 6.45) is 1.79. The van der Waals surface area contributed by atoms with E-state index in [0.717, 1.165) is 60.3 Å². The summed E-state index contributed by atoms with van der Waals surface area (Å²) in [6, 6.07) is 24.5. The van der Waals surface area contributed by atoms with Gasteiger partial charge in [-0.25, -0.2) is 15.1 Å². The fourth-order valence-corrected chi connectivity index (χ4v) is 5.07. The standard InChI is InChI=1S/C31H34N10O/c1-22(2)20-41(21-23-8-4-3-5-9-23)29-19-24(33-31-32-13-12-28(35-31)40-14-16-42-17-15-40)18-27(34-29)25-10-6-7-11-26(25)30-36-38-39-37-30/h3-13,18-19,22H,14-17,20-21H2,1-2H3,(H,32,33,34,35)(H,36,37,38,39). The van der Waals surface area contributed by atoms with Gasteiger partial charge < -0.3 is 19.9 Å². The van der Waals surface area contributed by atoms with Crippen molar-refractivity contribution in [2.24, 2.45) is 5.92 Å². The maximum absolute atomic E-state index is 5.52. The fourth-order valence-electron chi connectivity index (χ4n) is 5.07. The predicted octanol–water partition coefficient (Wildman–Crippen LogP) is 4.96. The van der Waals surface area contributed by atoms with Crippen molar-refractivity contribution in [2.75, 3.05) is 48.0 Å². The van der Waals surface area contributed by atoms with E-state index in [4.69, 9.17) is 14.7 Å². The molecule has 1 saturated heterocycles. The van der Waals surface area contributed by atoms with Crippen molar-refractivity contribution in [1.82, 2.24) is 35.6 Å². The number of benzene rings is 2. The third-order valence-corrected chi connectivity index (χ3v) is 6.97. The maximum Gasteiger partial charge on any atom is 0.229 e. The van der Waals surface area contributed by atoms with E-state index in [2.05, 4.69) is 84.9 Å². The number of pyridine rings is 1. The molecular weight excluding hydrogens is 528 g/mol. The molecular formula is C31H34N10O. The van der Waals surface area contributed by atoms with Gasteiger partial charge in [0, 0.05) is 55.3 Å². The second-order valence-corrected chi connectivity index (χ2v) is 10.6. The molecule has 42 heavy (non-hydrogen) atoms. The van der Waals surface area contributed by atoms with Gasteiger partial charge in [-0.15, -0.1) is 5.10 Å². The number of rotatable bonds is 10. The quantitative estimate of drug-likeness (QED) is 0.242. The van der Waals surface area contributed by atoms with Gasteiger partial charge in [0.1, 0.15) is 11.6 Å². The smallest absolute Gasteiger partial charge is 0.229 e. The van der Waals surface area contributed by atoms with Gasteiger partial charge in [0.05, 0.1) is 18.9 Å². The second kappa shape index (κ2) is 12.7. The van der Waals surface area contributed by atoms with E-state index in [1.165, 1.54) is 5.56 Å².